The Labute approximate surface area is 188 Å². The van der Waals surface area contributed by atoms with Gasteiger partial charge in [0.25, 0.3) is 5.91 Å². The zero-order valence-corrected chi connectivity index (χ0v) is 18.7. The van der Waals surface area contributed by atoms with Gasteiger partial charge in [-0.15, -0.1) is 0 Å². The van der Waals surface area contributed by atoms with Crippen LogP contribution in [0.5, 0.6) is 5.75 Å². The second-order valence-electron chi connectivity index (χ2n) is 8.63. The lowest BCUT2D eigenvalue weighted by Gasteiger charge is -2.44. The van der Waals surface area contributed by atoms with E-state index in [1.54, 1.807) is 19.1 Å². The van der Waals surface area contributed by atoms with Gasteiger partial charge >= 0.3 is 6.03 Å². The van der Waals surface area contributed by atoms with Gasteiger partial charge in [-0.1, -0.05) is 36.4 Å². The normalized spacial score (nSPS) is 25.7. The molecule has 0 radical (unpaired) electrons. The Morgan fingerprint density at radius 1 is 1.06 bits per heavy atom. The van der Waals surface area contributed by atoms with Crippen LogP contribution in [-0.4, -0.2) is 72.4 Å². The third-order valence-corrected chi connectivity index (χ3v) is 6.85. The van der Waals surface area contributed by atoms with Crippen molar-refractivity contribution in [1.29, 1.82) is 0 Å². The van der Waals surface area contributed by atoms with E-state index in [2.05, 4.69) is 15.1 Å². The highest BCUT2D eigenvalue weighted by molar-refractivity contribution is 6.00. The lowest BCUT2D eigenvalue weighted by Crippen LogP contribution is -2.66. The number of carbonyl (C=O) groups is 2. The molecule has 5 rings (SSSR count). The van der Waals surface area contributed by atoms with Crippen LogP contribution in [0.2, 0.25) is 0 Å². The van der Waals surface area contributed by atoms with E-state index in [0.717, 1.165) is 42.1 Å². The number of hydrogen-bond donors (Lipinski definition) is 1. The van der Waals surface area contributed by atoms with Gasteiger partial charge in [0.05, 0.1) is 19.3 Å². The Morgan fingerprint density at radius 3 is 2.59 bits per heavy atom. The molecule has 3 unspecified atom stereocenters. The van der Waals surface area contributed by atoms with Crippen LogP contribution in [0.1, 0.15) is 17.5 Å². The van der Waals surface area contributed by atoms with E-state index in [1.807, 2.05) is 55.5 Å². The molecule has 2 aromatic rings. The van der Waals surface area contributed by atoms with E-state index in [4.69, 9.17) is 4.74 Å². The lowest BCUT2D eigenvalue weighted by atomic mass is 10.1. The van der Waals surface area contributed by atoms with E-state index in [0.29, 0.717) is 0 Å². The van der Waals surface area contributed by atoms with E-state index in [9.17, 15) is 9.59 Å². The Hall–Kier alpha value is -3.10. The van der Waals surface area contributed by atoms with Crippen molar-refractivity contribution >= 4 is 17.6 Å². The molecule has 168 valence electrons. The summed E-state index contributed by atoms with van der Waals surface area (Å²) in [6, 6.07) is 15.1. The number of fused-ring (bicyclic) bond motifs is 3. The molecule has 8 nitrogen and oxygen atoms in total. The maximum absolute atomic E-state index is 13.7. The highest BCUT2D eigenvalue weighted by atomic mass is 16.5. The quantitative estimate of drug-likeness (QED) is 0.794. The zero-order valence-electron chi connectivity index (χ0n) is 18.7. The minimum Gasteiger partial charge on any atom is -0.495 e. The first-order chi connectivity index (χ1) is 15.5. The largest absolute Gasteiger partial charge is 0.495 e. The number of methoxy groups -OCH3 is 1. The molecular formula is C24H29N5O3. The monoisotopic (exact) mass is 435 g/mol. The van der Waals surface area contributed by atoms with Gasteiger partial charge in [0.15, 0.2) is 0 Å². The lowest BCUT2D eigenvalue weighted by molar-refractivity contribution is -0.139. The SMILES string of the molecule is COc1ccccc1N1CCCN2C3C(=O)N(Cc4ccccc4C)C(=O)N(C)C3NC12. The Morgan fingerprint density at radius 2 is 1.81 bits per heavy atom. The number of anilines is 1. The number of amides is 3. The topological polar surface area (TPSA) is 68.4 Å². The van der Waals surface area contributed by atoms with Crippen LogP contribution in [-0.2, 0) is 11.3 Å². The number of ether oxygens (including phenoxy) is 1. The third-order valence-electron chi connectivity index (χ3n) is 6.85. The minimum atomic E-state index is -0.427. The summed E-state index contributed by atoms with van der Waals surface area (Å²) in [5, 5.41) is 3.56. The first-order valence-corrected chi connectivity index (χ1v) is 11.1. The van der Waals surface area contributed by atoms with Crippen LogP contribution in [0, 0.1) is 6.92 Å². The van der Waals surface area contributed by atoms with Crippen LogP contribution in [0.25, 0.3) is 0 Å². The number of benzene rings is 2. The fraction of sp³-hybridized carbons (Fsp3) is 0.417. The van der Waals surface area contributed by atoms with Crippen molar-refractivity contribution in [3.8, 4) is 5.75 Å². The molecule has 0 bridgehead atoms. The molecule has 0 aromatic heterocycles. The summed E-state index contributed by atoms with van der Waals surface area (Å²) < 4.78 is 5.59. The summed E-state index contributed by atoms with van der Waals surface area (Å²) in [6.45, 7) is 3.92. The molecule has 0 aliphatic carbocycles. The zero-order chi connectivity index (χ0) is 22.4. The number of rotatable bonds is 4. The van der Waals surface area contributed by atoms with Crippen molar-refractivity contribution in [2.75, 3.05) is 32.1 Å². The maximum atomic E-state index is 13.7. The molecule has 0 saturated carbocycles. The second-order valence-corrected chi connectivity index (χ2v) is 8.63. The van der Waals surface area contributed by atoms with Crippen molar-refractivity contribution in [3.63, 3.8) is 0 Å². The molecule has 8 heteroatoms. The summed E-state index contributed by atoms with van der Waals surface area (Å²) in [7, 11) is 3.44. The standard InChI is InChI=1S/C24H29N5O3/c1-16-9-4-5-10-17(16)15-29-22(30)20-21(26(2)24(29)31)25-23-27(13-8-14-28(20)23)18-11-6-7-12-19(18)32-3/h4-7,9-12,20-21,23,25H,8,13-15H2,1-3H3. The first-order valence-electron chi connectivity index (χ1n) is 11.1. The number of para-hydroxylation sites is 2. The number of nitrogens with zero attached hydrogens (tertiary/aromatic N) is 4. The molecule has 2 aromatic carbocycles. The Balaban J connectivity index is 1.46. The first kappa shape index (κ1) is 20.8. The van der Waals surface area contributed by atoms with E-state index >= 15 is 0 Å². The van der Waals surface area contributed by atoms with Crippen LogP contribution in [0.15, 0.2) is 48.5 Å². The minimum absolute atomic E-state index is 0.141. The van der Waals surface area contributed by atoms with Gasteiger partial charge in [-0.2, -0.15) is 0 Å². The van der Waals surface area contributed by atoms with Gasteiger partial charge in [0.1, 0.15) is 24.2 Å². The van der Waals surface area contributed by atoms with E-state index < -0.39 is 6.04 Å². The van der Waals surface area contributed by atoms with Crippen LogP contribution >= 0.6 is 0 Å². The number of nitrogens with one attached hydrogen (secondary N) is 1. The summed E-state index contributed by atoms with van der Waals surface area (Å²) in [5.41, 5.74) is 3.03. The summed E-state index contributed by atoms with van der Waals surface area (Å²) in [4.78, 5) is 34.3. The van der Waals surface area contributed by atoms with Gasteiger partial charge in [0, 0.05) is 20.1 Å². The average molecular weight is 436 g/mol. The molecule has 3 heterocycles. The van der Waals surface area contributed by atoms with Gasteiger partial charge in [0.2, 0.25) is 0 Å². The van der Waals surface area contributed by atoms with Gasteiger partial charge in [-0.25, -0.2) is 4.79 Å². The van der Waals surface area contributed by atoms with Crippen LogP contribution in [0.3, 0.4) is 0 Å². The average Bonchev–Trinajstić information content (AvgIpc) is 3.21. The predicted octanol–water partition coefficient (Wildman–Crippen LogP) is 2.19. The molecule has 32 heavy (non-hydrogen) atoms. The van der Waals surface area contributed by atoms with Crippen molar-refractivity contribution in [2.24, 2.45) is 0 Å². The van der Waals surface area contributed by atoms with Gasteiger partial charge < -0.3 is 14.5 Å². The van der Waals surface area contributed by atoms with Crippen LogP contribution < -0.4 is 15.0 Å². The summed E-state index contributed by atoms with van der Waals surface area (Å²) in [5.74, 6) is 0.654. The smallest absolute Gasteiger partial charge is 0.328 e. The van der Waals surface area contributed by atoms with E-state index in [1.165, 1.54) is 4.90 Å². The number of aryl methyl sites for hydroxylation is 1. The molecule has 3 atom stereocenters. The van der Waals surface area contributed by atoms with Gasteiger partial charge in [-0.3, -0.25) is 19.9 Å². The van der Waals surface area contributed by atoms with Crippen LogP contribution in [0.4, 0.5) is 10.5 Å². The molecule has 1 N–H and O–H groups in total. The predicted molar refractivity (Wildman–Crippen MR) is 121 cm³/mol. The molecule has 0 spiro atoms. The number of urea groups is 1. The molecule has 3 aliphatic heterocycles. The summed E-state index contributed by atoms with van der Waals surface area (Å²) >= 11 is 0. The van der Waals surface area contributed by atoms with Crippen molar-refractivity contribution < 1.29 is 14.3 Å². The highest BCUT2D eigenvalue weighted by Crippen LogP contribution is 2.36. The molecular weight excluding hydrogens is 406 g/mol. The van der Waals surface area contributed by atoms with Crippen molar-refractivity contribution in [2.45, 2.75) is 38.4 Å². The summed E-state index contributed by atoms with van der Waals surface area (Å²) in [6.07, 6.45) is 0.360. The fourth-order valence-electron chi connectivity index (χ4n) is 5.14. The highest BCUT2D eigenvalue weighted by Gasteiger charge is 2.56. The third kappa shape index (κ3) is 3.22. The molecule has 3 saturated heterocycles. The van der Waals surface area contributed by atoms with Crippen molar-refractivity contribution in [1.82, 2.24) is 20.0 Å². The second kappa shape index (κ2) is 8.11. The number of carbonyl (C=O) groups excluding carboxylic acids is 2. The number of hydrogen-bond acceptors (Lipinski definition) is 6. The Bertz CT molecular complexity index is 1040. The van der Waals surface area contributed by atoms with Crippen molar-refractivity contribution in [3.05, 3.63) is 59.7 Å². The number of likely N-dealkylation sites (N-methyl/N-ethyl adjacent to an activating group) is 1. The number of imide groups is 1. The molecule has 3 amide bonds. The molecule has 3 aliphatic rings. The molecule has 3 fully saturated rings. The van der Waals surface area contributed by atoms with E-state index in [-0.39, 0.29) is 30.9 Å². The van der Waals surface area contributed by atoms with Gasteiger partial charge in [-0.05, 0) is 36.6 Å². The Kier molecular flexibility index (Phi) is 5.27. The fourth-order valence-corrected chi connectivity index (χ4v) is 5.14. The maximum Gasteiger partial charge on any atom is 0.328 e.